The topological polar surface area (TPSA) is 35.5 Å². The van der Waals surface area contributed by atoms with Crippen molar-refractivity contribution in [1.82, 2.24) is 0 Å². The molecule has 0 aromatic rings. The molecule has 0 amide bonds. The van der Waals surface area contributed by atoms with Crippen LogP contribution in [-0.4, -0.2) is 26.3 Å². The quantitative estimate of drug-likeness (QED) is 0.462. The van der Waals surface area contributed by atoms with E-state index in [-0.39, 0.29) is 11.9 Å². The van der Waals surface area contributed by atoms with Crippen LogP contribution in [0.2, 0.25) is 0 Å². The van der Waals surface area contributed by atoms with E-state index in [0.29, 0.717) is 19.1 Å². The Labute approximate surface area is 93.1 Å². The minimum atomic E-state index is -0.0664. The molecular weight excluding hydrogens is 192 g/mol. The van der Waals surface area contributed by atoms with Gasteiger partial charge in [-0.05, 0) is 12.3 Å². The van der Waals surface area contributed by atoms with Crippen molar-refractivity contribution in [2.75, 3.05) is 20.3 Å². The standard InChI is InChI=1S/C12H24O3/c1-5-10(6-2)11(7-3)12(13)15-9-8-14-4/h10-11H,5-9H2,1-4H3. The lowest BCUT2D eigenvalue weighted by Crippen LogP contribution is -2.25. The molecule has 15 heavy (non-hydrogen) atoms. The van der Waals surface area contributed by atoms with E-state index in [0.717, 1.165) is 19.3 Å². The van der Waals surface area contributed by atoms with Crippen LogP contribution in [0.25, 0.3) is 0 Å². The maximum Gasteiger partial charge on any atom is 0.309 e. The van der Waals surface area contributed by atoms with Crippen LogP contribution in [0.1, 0.15) is 40.0 Å². The highest BCUT2D eigenvalue weighted by atomic mass is 16.6. The maximum absolute atomic E-state index is 11.7. The number of carbonyl (C=O) groups is 1. The fourth-order valence-electron chi connectivity index (χ4n) is 1.88. The van der Waals surface area contributed by atoms with Crippen molar-refractivity contribution in [2.24, 2.45) is 11.8 Å². The molecule has 3 nitrogen and oxygen atoms in total. The second-order valence-corrected chi connectivity index (χ2v) is 3.75. The highest BCUT2D eigenvalue weighted by Crippen LogP contribution is 2.23. The van der Waals surface area contributed by atoms with Gasteiger partial charge in [-0.1, -0.05) is 33.6 Å². The van der Waals surface area contributed by atoms with Crippen molar-refractivity contribution >= 4 is 5.97 Å². The van der Waals surface area contributed by atoms with Crippen LogP contribution in [0, 0.1) is 11.8 Å². The normalized spacial score (nSPS) is 12.9. The average molecular weight is 216 g/mol. The minimum absolute atomic E-state index is 0.0526. The van der Waals surface area contributed by atoms with E-state index in [1.807, 2.05) is 6.92 Å². The van der Waals surface area contributed by atoms with Crippen LogP contribution in [-0.2, 0) is 14.3 Å². The molecule has 0 heterocycles. The van der Waals surface area contributed by atoms with Crippen molar-refractivity contribution < 1.29 is 14.3 Å². The van der Waals surface area contributed by atoms with Crippen LogP contribution in [0.4, 0.5) is 0 Å². The first kappa shape index (κ1) is 14.4. The monoisotopic (exact) mass is 216 g/mol. The minimum Gasteiger partial charge on any atom is -0.463 e. The molecule has 0 spiro atoms. The summed E-state index contributed by atoms with van der Waals surface area (Å²) in [7, 11) is 1.60. The van der Waals surface area contributed by atoms with Crippen LogP contribution in [0.3, 0.4) is 0 Å². The van der Waals surface area contributed by atoms with Gasteiger partial charge < -0.3 is 9.47 Å². The van der Waals surface area contributed by atoms with Gasteiger partial charge in [-0.3, -0.25) is 4.79 Å². The molecule has 0 N–H and O–H groups in total. The van der Waals surface area contributed by atoms with Gasteiger partial charge in [0.05, 0.1) is 12.5 Å². The Morgan fingerprint density at radius 3 is 2.07 bits per heavy atom. The SMILES string of the molecule is CCC(CC)C(CC)C(=O)OCCOC. The fraction of sp³-hybridized carbons (Fsp3) is 0.917. The molecule has 0 radical (unpaired) electrons. The molecule has 0 saturated heterocycles. The third-order valence-corrected chi connectivity index (χ3v) is 2.89. The number of hydrogen-bond donors (Lipinski definition) is 0. The number of esters is 1. The maximum atomic E-state index is 11.7. The third-order valence-electron chi connectivity index (χ3n) is 2.89. The highest BCUT2D eigenvalue weighted by molar-refractivity contribution is 5.72. The van der Waals surface area contributed by atoms with E-state index in [4.69, 9.17) is 9.47 Å². The summed E-state index contributed by atoms with van der Waals surface area (Å²) in [4.78, 5) is 11.7. The molecule has 0 fully saturated rings. The lowest BCUT2D eigenvalue weighted by Gasteiger charge is -2.22. The molecule has 0 aromatic heterocycles. The predicted octanol–water partition coefficient (Wildman–Crippen LogP) is 2.64. The lowest BCUT2D eigenvalue weighted by atomic mass is 9.86. The Balaban J connectivity index is 4.08. The van der Waals surface area contributed by atoms with Gasteiger partial charge in [0.15, 0.2) is 0 Å². The Morgan fingerprint density at radius 1 is 1.07 bits per heavy atom. The summed E-state index contributed by atoms with van der Waals surface area (Å²) >= 11 is 0. The zero-order chi connectivity index (χ0) is 11.7. The average Bonchev–Trinajstić information content (AvgIpc) is 2.25. The molecule has 3 heteroatoms. The molecule has 0 aliphatic heterocycles. The first-order chi connectivity index (χ1) is 7.21. The summed E-state index contributed by atoms with van der Waals surface area (Å²) in [6.07, 6.45) is 2.93. The molecular formula is C12H24O3. The molecule has 90 valence electrons. The van der Waals surface area contributed by atoms with Crippen molar-refractivity contribution in [1.29, 1.82) is 0 Å². The number of rotatable bonds is 8. The molecule has 0 aromatic carbocycles. The van der Waals surface area contributed by atoms with Gasteiger partial charge in [-0.2, -0.15) is 0 Å². The summed E-state index contributed by atoms with van der Waals surface area (Å²) in [5, 5.41) is 0. The molecule has 1 atom stereocenters. The third kappa shape index (κ3) is 5.17. The molecule has 1 unspecified atom stereocenters. The largest absolute Gasteiger partial charge is 0.463 e. The summed E-state index contributed by atoms with van der Waals surface area (Å²) < 4.78 is 10.00. The van der Waals surface area contributed by atoms with E-state index in [1.54, 1.807) is 7.11 Å². The summed E-state index contributed by atoms with van der Waals surface area (Å²) in [5.74, 6) is 0.435. The number of ether oxygens (including phenoxy) is 2. The first-order valence-electron chi connectivity index (χ1n) is 5.86. The summed E-state index contributed by atoms with van der Waals surface area (Å²) in [6, 6.07) is 0. The van der Waals surface area contributed by atoms with E-state index in [2.05, 4.69) is 13.8 Å². The van der Waals surface area contributed by atoms with Crippen molar-refractivity contribution in [3.63, 3.8) is 0 Å². The van der Waals surface area contributed by atoms with Crippen LogP contribution in [0.15, 0.2) is 0 Å². The van der Waals surface area contributed by atoms with E-state index >= 15 is 0 Å². The fourth-order valence-corrected chi connectivity index (χ4v) is 1.88. The van der Waals surface area contributed by atoms with Crippen molar-refractivity contribution in [3.8, 4) is 0 Å². The second-order valence-electron chi connectivity index (χ2n) is 3.75. The zero-order valence-electron chi connectivity index (χ0n) is 10.4. The summed E-state index contributed by atoms with van der Waals surface area (Å²) in [5.41, 5.74) is 0. The van der Waals surface area contributed by atoms with E-state index < -0.39 is 0 Å². The molecule has 0 bridgehead atoms. The van der Waals surface area contributed by atoms with Gasteiger partial charge in [0.25, 0.3) is 0 Å². The number of methoxy groups -OCH3 is 1. The van der Waals surface area contributed by atoms with Gasteiger partial charge in [0, 0.05) is 7.11 Å². The van der Waals surface area contributed by atoms with Crippen molar-refractivity contribution in [2.45, 2.75) is 40.0 Å². The van der Waals surface area contributed by atoms with Crippen molar-refractivity contribution in [3.05, 3.63) is 0 Å². The first-order valence-corrected chi connectivity index (χ1v) is 5.86. The summed E-state index contributed by atoms with van der Waals surface area (Å²) in [6.45, 7) is 7.14. The van der Waals surface area contributed by atoms with Gasteiger partial charge >= 0.3 is 5.97 Å². The van der Waals surface area contributed by atoms with Gasteiger partial charge in [0.1, 0.15) is 6.61 Å². The molecule has 0 aliphatic rings. The van der Waals surface area contributed by atoms with Gasteiger partial charge in [-0.25, -0.2) is 0 Å². The highest BCUT2D eigenvalue weighted by Gasteiger charge is 2.25. The Bertz CT molecular complexity index is 164. The number of hydrogen-bond acceptors (Lipinski definition) is 3. The Kier molecular flexibility index (Phi) is 8.38. The predicted molar refractivity (Wildman–Crippen MR) is 60.7 cm³/mol. The molecule has 0 rings (SSSR count). The Morgan fingerprint density at radius 2 is 1.67 bits per heavy atom. The second kappa shape index (κ2) is 8.72. The lowest BCUT2D eigenvalue weighted by molar-refractivity contribution is -0.152. The van der Waals surface area contributed by atoms with E-state index in [1.165, 1.54) is 0 Å². The zero-order valence-corrected chi connectivity index (χ0v) is 10.4. The molecule has 0 saturated carbocycles. The van der Waals surface area contributed by atoms with Crippen LogP contribution in [0.5, 0.6) is 0 Å². The van der Waals surface area contributed by atoms with Gasteiger partial charge in [-0.15, -0.1) is 0 Å². The van der Waals surface area contributed by atoms with Crippen LogP contribution < -0.4 is 0 Å². The van der Waals surface area contributed by atoms with E-state index in [9.17, 15) is 4.79 Å². The smallest absolute Gasteiger partial charge is 0.309 e. The van der Waals surface area contributed by atoms with Gasteiger partial charge in [0.2, 0.25) is 0 Å². The molecule has 0 aliphatic carbocycles. The van der Waals surface area contributed by atoms with Crippen LogP contribution >= 0.6 is 0 Å². The number of carbonyl (C=O) groups excluding carboxylic acids is 1. The Hall–Kier alpha value is -0.570.